The maximum Gasteiger partial charge on any atom is 0.304 e. The zero-order valence-electron chi connectivity index (χ0n) is 20.6. The van der Waals surface area contributed by atoms with E-state index in [2.05, 4.69) is 31.0 Å². The number of aliphatic carboxylic acids is 1. The van der Waals surface area contributed by atoms with Crippen LogP contribution in [-0.2, 0) is 11.2 Å². The first kappa shape index (κ1) is 23.3. The quantitative estimate of drug-likeness (QED) is 0.315. The third-order valence-electron chi connectivity index (χ3n) is 7.33. The zero-order valence-corrected chi connectivity index (χ0v) is 20.6. The molecule has 1 aliphatic heterocycles. The minimum Gasteiger partial charge on any atom is -0.492 e. The molecule has 0 amide bonds. The summed E-state index contributed by atoms with van der Waals surface area (Å²) in [6.45, 7) is 4.44. The van der Waals surface area contributed by atoms with E-state index in [4.69, 9.17) is 19.0 Å². The van der Waals surface area contributed by atoms with Gasteiger partial charge in [0, 0.05) is 28.7 Å². The molecule has 0 radical (unpaired) electrons. The van der Waals surface area contributed by atoms with Crippen LogP contribution in [0.2, 0.25) is 0 Å². The lowest BCUT2D eigenvalue weighted by molar-refractivity contribution is -0.137. The van der Waals surface area contributed by atoms with E-state index in [1.54, 1.807) is 18.5 Å². The molecule has 3 aromatic carbocycles. The van der Waals surface area contributed by atoms with Gasteiger partial charge in [-0.05, 0) is 78.8 Å². The van der Waals surface area contributed by atoms with Crippen molar-refractivity contribution in [3.63, 3.8) is 0 Å². The predicted octanol–water partition coefficient (Wildman–Crippen LogP) is 6.78. The summed E-state index contributed by atoms with van der Waals surface area (Å²) in [6, 6.07) is 13.0. The molecule has 2 heterocycles. The number of rotatable bonds is 6. The standard InChI is InChI=1S/C30H26FNO5/c1-16-11-18(30-32-9-10-35-30)12-17(2)28(16)22-5-7-24(31)29-23(22)6-8-25(29)37-20-3-4-21-19(13-27(33)34)15-36-26(21)14-20/h3-5,7,9-12,14,19,25H,6,8,13,15H2,1-2H3,(H,33,34)/t19?,25-/m1/s1. The third-order valence-corrected chi connectivity index (χ3v) is 7.33. The van der Waals surface area contributed by atoms with Crippen LogP contribution in [0.1, 0.15) is 52.7 Å². The van der Waals surface area contributed by atoms with Crippen molar-refractivity contribution < 1.29 is 28.2 Å². The van der Waals surface area contributed by atoms with Gasteiger partial charge >= 0.3 is 5.97 Å². The second kappa shape index (κ2) is 9.07. The summed E-state index contributed by atoms with van der Waals surface area (Å²) >= 11 is 0. The van der Waals surface area contributed by atoms with Crippen LogP contribution in [0.15, 0.2) is 59.3 Å². The minimum absolute atomic E-state index is 0.0228. The number of halogens is 1. The minimum atomic E-state index is -0.853. The molecule has 1 unspecified atom stereocenters. The highest BCUT2D eigenvalue weighted by Gasteiger charge is 2.32. The zero-order chi connectivity index (χ0) is 25.7. The number of hydrogen-bond acceptors (Lipinski definition) is 5. The number of carboxylic acid groups (broad SMARTS) is 1. The van der Waals surface area contributed by atoms with Gasteiger partial charge < -0.3 is 19.0 Å². The lowest BCUT2D eigenvalue weighted by Gasteiger charge is -2.19. The summed E-state index contributed by atoms with van der Waals surface area (Å²) < 4.78 is 32.7. The summed E-state index contributed by atoms with van der Waals surface area (Å²) in [5.74, 6) is 0.493. The van der Waals surface area contributed by atoms with E-state index in [9.17, 15) is 4.79 Å². The van der Waals surface area contributed by atoms with Gasteiger partial charge in [-0.2, -0.15) is 0 Å². The Morgan fingerprint density at radius 3 is 2.70 bits per heavy atom. The molecule has 1 N–H and O–H groups in total. The molecule has 1 aromatic heterocycles. The summed E-state index contributed by atoms with van der Waals surface area (Å²) in [7, 11) is 0. The van der Waals surface area contributed by atoms with E-state index in [1.165, 1.54) is 6.07 Å². The fraction of sp³-hybridized carbons (Fsp3) is 0.267. The first-order valence-corrected chi connectivity index (χ1v) is 12.4. The summed E-state index contributed by atoms with van der Waals surface area (Å²) in [4.78, 5) is 15.4. The van der Waals surface area contributed by atoms with Gasteiger partial charge in [0.25, 0.3) is 0 Å². The Morgan fingerprint density at radius 2 is 1.97 bits per heavy atom. The lowest BCUT2D eigenvalue weighted by atomic mass is 9.89. The van der Waals surface area contributed by atoms with E-state index >= 15 is 4.39 Å². The monoisotopic (exact) mass is 499 g/mol. The van der Waals surface area contributed by atoms with Gasteiger partial charge in [0.1, 0.15) is 29.7 Å². The number of aryl methyl sites for hydroxylation is 2. The molecule has 1 aliphatic carbocycles. The Balaban J connectivity index is 1.31. The molecule has 0 fully saturated rings. The van der Waals surface area contributed by atoms with Crippen molar-refractivity contribution >= 4 is 5.97 Å². The van der Waals surface area contributed by atoms with Crippen LogP contribution >= 0.6 is 0 Å². The van der Waals surface area contributed by atoms with Crippen LogP contribution in [0, 0.1) is 19.7 Å². The Labute approximate surface area is 213 Å². The van der Waals surface area contributed by atoms with Gasteiger partial charge in [-0.25, -0.2) is 9.37 Å². The first-order chi connectivity index (χ1) is 17.9. The molecule has 0 bridgehead atoms. The van der Waals surface area contributed by atoms with Crippen molar-refractivity contribution in [2.24, 2.45) is 0 Å². The van der Waals surface area contributed by atoms with E-state index in [-0.39, 0.29) is 18.2 Å². The SMILES string of the molecule is Cc1cc(-c2ncco2)cc(C)c1-c1ccc(F)c2c1CC[C@H]2Oc1ccc2c(c1)OCC2CC(=O)O. The molecule has 0 saturated heterocycles. The molecule has 7 heteroatoms. The molecule has 2 atom stereocenters. The van der Waals surface area contributed by atoms with Gasteiger partial charge in [-0.3, -0.25) is 4.79 Å². The molecular weight excluding hydrogens is 473 g/mol. The number of ether oxygens (including phenoxy) is 2. The van der Waals surface area contributed by atoms with E-state index in [1.807, 2.05) is 18.2 Å². The van der Waals surface area contributed by atoms with Crippen molar-refractivity contribution in [1.82, 2.24) is 4.98 Å². The predicted molar refractivity (Wildman–Crippen MR) is 135 cm³/mol. The third kappa shape index (κ3) is 4.14. The second-order valence-corrected chi connectivity index (χ2v) is 9.76. The fourth-order valence-electron chi connectivity index (χ4n) is 5.78. The maximum atomic E-state index is 15.2. The van der Waals surface area contributed by atoms with Gasteiger partial charge in [0.15, 0.2) is 0 Å². The number of carboxylic acids is 1. The van der Waals surface area contributed by atoms with Crippen LogP contribution in [-0.4, -0.2) is 22.7 Å². The average molecular weight is 500 g/mol. The Hall–Kier alpha value is -4.13. The van der Waals surface area contributed by atoms with Crippen LogP contribution < -0.4 is 9.47 Å². The highest BCUT2D eigenvalue weighted by atomic mass is 19.1. The van der Waals surface area contributed by atoms with Crippen LogP contribution in [0.4, 0.5) is 4.39 Å². The number of carbonyl (C=O) groups is 1. The maximum absolute atomic E-state index is 15.2. The molecule has 6 nitrogen and oxygen atoms in total. The van der Waals surface area contributed by atoms with E-state index in [0.29, 0.717) is 42.4 Å². The summed E-state index contributed by atoms with van der Waals surface area (Å²) in [5.41, 5.74) is 7.59. The molecule has 4 aromatic rings. The van der Waals surface area contributed by atoms with Crippen LogP contribution in [0.5, 0.6) is 11.5 Å². The Bertz CT molecular complexity index is 1490. The Kier molecular flexibility index (Phi) is 5.71. The van der Waals surface area contributed by atoms with Gasteiger partial charge in [-0.15, -0.1) is 0 Å². The fourth-order valence-corrected chi connectivity index (χ4v) is 5.78. The highest BCUT2D eigenvalue weighted by molar-refractivity contribution is 5.78. The molecule has 0 saturated carbocycles. The largest absolute Gasteiger partial charge is 0.492 e. The molecule has 6 rings (SSSR count). The molecule has 0 spiro atoms. The Morgan fingerprint density at radius 1 is 1.16 bits per heavy atom. The summed E-state index contributed by atoms with van der Waals surface area (Å²) in [5, 5.41) is 9.14. The molecular formula is C30H26FNO5. The van der Waals surface area contributed by atoms with Crippen LogP contribution in [0.3, 0.4) is 0 Å². The number of oxazole rings is 1. The average Bonchev–Trinajstić information content (AvgIpc) is 3.61. The lowest BCUT2D eigenvalue weighted by Crippen LogP contribution is -2.07. The normalized spacial score (nSPS) is 17.8. The summed E-state index contributed by atoms with van der Waals surface area (Å²) in [6.07, 6.45) is 4.15. The van der Waals surface area contributed by atoms with Crippen molar-refractivity contribution in [2.75, 3.05) is 6.61 Å². The van der Waals surface area contributed by atoms with E-state index in [0.717, 1.165) is 38.9 Å². The second-order valence-electron chi connectivity index (χ2n) is 9.76. The molecule has 188 valence electrons. The van der Waals surface area contributed by atoms with Crippen molar-refractivity contribution in [2.45, 2.75) is 45.1 Å². The number of hydrogen-bond donors (Lipinski definition) is 1. The van der Waals surface area contributed by atoms with Crippen molar-refractivity contribution in [1.29, 1.82) is 0 Å². The number of fused-ring (bicyclic) bond motifs is 2. The number of aromatic nitrogens is 1. The smallest absolute Gasteiger partial charge is 0.304 e. The van der Waals surface area contributed by atoms with Crippen LogP contribution in [0.25, 0.3) is 22.6 Å². The van der Waals surface area contributed by atoms with Crippen molar-refractivity contribution in [3.05, 3.63) is 88.6 Å². The first-order valence-electron chi connectivity index (χ1n) is 12.4. The van der Waals surface area contributed by atoms with Gasteiger partial charge in [-0.1, -0.05) is 12.1 Å². The topological polar surface area (TPSA) is 81.8 Å². The van der Waals surface area contributed by atoms with Crippen molar-refractivity contribution in [3.8, 4) is 34.1 Å². The molecule has 2 aliphatic rings. The number of benzene rings is 3. The molecule has 37 heavy (non-hydrogen) atoms. The van der Waals surface area contributed by atoms with E-state index < -0.39 is 12.1 Å². The van der Waals surface area contributed by atoms with Gasteiger partial charge in [0.2, 0.25) is 5.89 Å². The number of nitrogens with zero attached hydrogens (tertiary/aromatic N) is 1. The van der Waals surface area contributed by atoms with Gasteiger partial charge in [0.05, 0.1) is 19.2 Å². The highest BCUT2D eigenvalue weighted by Crippen LogP contribution is 2.45.